The lowest BCUT2D eigenvalue weighted by Crippen LogP contribution is -2.47. The molecule has 2 rings (SSSR count). The van der Waals surface area contributed by atoms with Gasteiger partial charge in [-0.25, -0.2) is 0 Å². The standard InChI is InChI=1S/C18H32O3Si/c1-9-20-15-13(19)10-12-11-18(5,6)16(14(12)15)21-22(7,8)17(2,3)4/h12,16H,9-11H2,1-8H3/t12-,16+/m1/s1. The summed E-state index contributed by atoms with van der Waals surface area (Å²) < 4.78 is 12.5. The van der Waals surface area contributed by atoms with Gasteiger partial charge in [-0.15, -0.1) is 0 Å². The van der Waals surface area contributed by atoms with Crippen molar-refractivity contribution >= 4 is 14.1 Å². The van der Waals surface area contributed by atoms with E-state index in [1.54, 1.807) is 0 Å². The fourth-order valence-corrected chi connectivity index (χ4v) is 4.84. The minimum atomic E-state index is -1.89. The van der Waals surface area contributed by atoms with Gasteiger partial charge in [-0.1, -0.05) is 34.6 Å². The Kier molecular flexibility index (Phi) is 4.42. The predicted octanol–water partition coefficient (Wildman–Crippen LogP) is 4.69. The van der Waals surface area contributed by atoms with E-state index in [2.05, 4.69) is 47.7 Å². The maximum absolute atomic E-state index is 12.3. The molecule has 0 spiro atoms. The van der Waals surface area contributed by atoms with Gasteiger partial charge in [-0.2, -0.15) is 0 Å². The van der Waals surface area contributed by atoms with Crippen LogP contribution in [0.15, 0.2) is 11.3 Å². The molecule has 3 nitrogen and oxygen atoms in total. The quantitative estimate of drug-likeness (QED) is 0.704. The van der Waals surface area contributed by atoms with Crippen molar-refractivity contribution in [2.75, 3.05) is 6.61 Å². The van der Waals surface area contributed by atoms with E-state index in [4.69, 9.17) is 9.16 Å². The van der Waals surface area contributed by atoms with Crippen LogP contribution in [0.4, 0.5) is 0 Å². The van der Waals surface area contributed by atoms with Crippen molar-refractivity contribution in [3.05, 3.63) is 11.3 Å². The Morgan fingerprint density at radius 3 is 2.36 bits per heavy atom. The number of Topliss-reactive ketones (excluding diaryl/α,β-unsaturated/α-hetero) is 1. The van der Waals surface area contributed by atoms with Crippen LogP contribution in [0.2, 0.25) is 18.1 Å². The fourth-order valence-electron chi connectivity index (χ4n) is 3.45. The molecule has 0 aromatic heterocycles. The van der Waals surface area contributed by atoms with Crippen LogP contribution in [-0.2, 0) is 14.0 Å². The molecule has 1 fully saturated rings. The second-order valence-electron chi connectivity index (χ2n) is 8.99. The zero-order valence-electron chi connectivity index (χ0n) is 15.5. The molecule has 0 saturated heterocycles. The minimum Gasteiger partial charge on any atom is -0.490 e. The Morgan fingerprint density at radius 1 is 1.27 bits per heavy atom. The van der Waals surface area contributed by atoms with Crippen molar-refractivity contribution in [2.24, 2.45) is 11.3 Å². The van der Waals surface area contributed by atoms with Crippen molar-refractivity contribution in [1.29, 1.82) is 0 Å². The number of hydrogen-bond donors (Lipinski definition) is 0. The van der Waals surface area contributed by atoms with Crippen LogP contribution in [0.3, 0.4) is 0 Å². The van der Waals surface area contributed by atoms with Gasteiger partial charge < -0.3 is 9.16 Å². The molecule has 22 heavy (non-hydrogen) atoms. The monoisotopic (exact) mass is 324 g/mol. The van der Waals surface area contributed by atoms with E-state index in [-0.39, 0.29) is 22.3 Å². The molecular weight excluding hydrogens is 292 g/mol. The maximum Gasteiger partial charge on any atom is 0.198 e. The van der Waals surface area contributed by atoms with Gasteiger partial charge in [0.05, 0.1) is 12.7 Å². The van der Waals surface area contributed by atoms with E-state index >= 15 is 0 Å². The highest BCUT2D eigenvalue weighted by Crippen LogP contribution is 2.54. The molecule has 0 heterocycles. The van der Waals surface area contributed by atoms with E-state index in [1.165, 1.54) is 0 Å². The Balaban J connectivity index is 2.41. The van der Waals surface area contributed by atoms with Crippen molar-refractivity contribution in [3.8, 4) is 0 Å². The first-order chi connectivity index (χ1) is 9.90. The number of carbonyl (C=O) groups is 1. The summed E-state index contributed by atoms with van der Waals surface area (Å²) in [6.45, 7) is 18.4. The molecular formula is C18H32O3Si. The first-order valence-corrected chi connectivity index (χ1v) is 11.4. The molecule has 0 radical (unpaired) electrons. The summed E-state index contributed by atoms with van der Waals surface area (Å²) in [4.78, 5) is 12.3. The summed E-state index contributed by atoms with van der Waals surface area (Å²) in [6, 6.07) is 0. The summed E-state index contributed by atoms with van der Waals surface area (Å²) in [5, 5.41) is 0.163. The van der Waals surface area contributed by atoms with Gasteiger partial charge in [0.2, 0.25) is 0 Å². The average Bonchev–Trinajstić information content (AvgIpc) is 2.72. The van der Waals surface area contributed by atoms with E-state index in [0.717, 1.165) is 12.0 Å². The topological polar surface area (TPSA) is 35.5 Å². The predicted molar refractivity (Wildman–Crippen MR) is 92.2 cm³/mol. The maximum atomic E-state index is 12.3. The molecule has 2 aliphatic carbocycles. The minimum absolute atomic E-state index is 0.0198. The van der Waals surface area contributed by atoms with Gasteiger partial charge in [0, 0.05) is 12.0 Å². The molecule has 4 heteroatoms. The van der Waals surface area contributed by atoms with E-state index in [1.807, 2.05) is 6.92 Å². The third-order valence-corrected chi connectivity index (χ3v) is 10.1. The summed E-state index contributed by atoms with van der Waals surface area (Å²) in [5.74, 6) is 1.10. The highest BCUT2D eigenvalue weighted by molar-refractivity contribution is 6.74. The van der Waals surface area contributed by atoms with Crippen LogP contribution in [0.25, 0.3) is 0 Å². The van der Waals surface area contributed by atoms with Gasteiger partial charge in [-0.05, 0) is 42.8 Å². The second kappa shape index (κ2) is 5.48. The average molecular weight is 325 g/mol. The van der Waals surface area contributed by atoms with Gasteiger partial charge in [0.25, 0.3) is 0 Å². The third-order valence-electron chi connectivity index (χ3n) is 5.66. The van der Waals surface area contributed by atoms with Gasteiger partial charge in [0.1, 0.15) is 0 Å². The molecule has 126 valence electrons. The largest absolute Gasteiger partial charge is 0.490 e. The second-order valence-corrected chi connectivity index (χ2v) is 13.7. The Morgan fingerprint density at radius 2 is 1.86 bits per heavy atom. The van der Waals surface area contributed by atoms with Gasteiger partial charge in [0.15, 0.2) is 19.9 Å². The molecule has 0 amide bonds. The van der Waals surface area contributed by atoms with Crippen LogP contribution in [0.5, 0.6) is 0 Å². The highest BCUT2D eigenvalue weighted by Gasteiger charge is 2.54. The highest BCUT2D eigenvalue weighted by atomic mass is 28.4. The normalized spacial score (nSPS) is 28.3. The Hall–Kier alpha value is -0.613. The SMILES string of the molecule is CCOC1=C2[C@H](CC1=O)CC(C)(C)[C@H]2O[Si](C)(C)C(C)(C)C. The van der Waals surface area contributed by atoms with Crippen molar-refractivity contribution < 1.29 is 14.0 Å². The van der Waals surface area contributed by atoms with Crippen LogP contribution >= 0.6 is 0 Å². The first-order valence-electron chi connectivity index (χ1n) is 8.48. The lowest BCUT2D eigenvalue weighted by Gasteiger charge is -2.42. The molecule has 0 unspecified atom stereocenters. The lowest BCUT2D eigenvalue weighted by molar-refractivity contribution is -0.118. The smallest absolute Gasteiger partial charge is 0.198 e. The summed E-state index contributed by atoms with van der Waals surface area (Å²) in [5.41, 5.74) is 1.22. The molecule has 0 bridgehead atoms. The number of rotatable bonds is 4. The number of hydrogen-bond acceptors (Lipinski definition) is 3. The molecule has 1 saturated carbocycles. The van der Waals surface area contributed by atoms with Crippen molar-refractivity contribution in [1.82, 2.24) is 0 Å². The molecule has 0 aliphatic heterocycles. The fraction of sp³-hybridized carbons (Fsp3) is 0.833. The summed E-state index contributed by atoms with van der Waals surface area (Å²) in [7, 11) is -1.89. The zero-order valence-corrected chi connectivity index (χ0v) is 16.5. The molecule has 2 aliphatic rings. The molecule has 0 aromatic carbocycles. The Labute approximate surface area is 136 Å². The summed E-state index contributed by atoms with van der Waals surface area (Å²) in [6.07, 6.45) is 1.64. The van der Waals surface area contributed by atoms with Crippen LogP contribution in [-0.4, -0.2) is 26.8 Å². The van der Waals surface area contributed by atoms with Gasteiger partial charge in [-0.3, -0.25) is 4.79 Å². The first kappa shape index (κ1) is 17.7. The van der Waals surface area contributed by atoms with E-state index in [9.17, 15) is 4.79 Å². The number of ketones is 1. The Bertz CT molecular complexity index is 497. The van der Waals surface area contributed by atoms with Crippen LogP contribution in [0.1, 0.15) is 54.4 Å². The van der Waals surface area contributed by atoms with Crippen molar-refractivity contribution in [3.63, 3.8) is 0 Å². The zero-order chi connectivity index (χ0) is 16.9. The van der Waals surface area contributed by atoms with E-state index in [0.29, 0.717) is 24.7 Å². The number of ether oxygens (including phenoxy) is 1. The van der Waals surface area contributed by atoms with E-state index < -0.39 is 8.32 Å². The van der Waals surface area contributed by atoms with Gasteiger partial charge >= 0.3 is 0 Å². The van der Waals surface area contributed by atoms with Crippen LogP contribution < -0.4 is 0 Å². The number of carbonyl (C=O) groups excluding carboxylic acids is 1. The number of allylic oxidation sites excluding steroid dienone is 1. The number of fused-ring (bicyclic) bond motifs is 1. The lowest BCUT2D eigenvalue weighted by atomic mass is 9.87. The third kappa shape index (κ3) is 2.92. The molecule has 0 aromatic rings. The van der Waals surface area contributed by atoms with Crippen molar-refractivity contribution in [2.45, 2.75) is 78.6 Å². The molecule has 2 atom stereocenters. The molecule has 0 N–H and O–H groups in total. The summed E-state index contributed by atoms with van der Waals surface area (Å²) >= 11 is 0. The van der Waals surface area contributed by atoms with Crippen LogP contribution in [0, 0.1) is 11.3 Å².